The third-order valence-electron chi connectivity index (χ3n) is 3.16. The number of ether oxygens (including phenoxy) is 1. The number of hydrogen-bond donors (Lipinski definition) is 2. The molecule has 0 unspecified atom stereocenters. The van der Waals surface area contributed by atoms with Crippen LogP contribution in [0.3, 0.4) is 0 Å². The molecule has 0 fully saturated rings. The lowest BCUT2D eigenvalue weighted by molar-refractivity contribution is -0.114. The van der Waals surface area contributed by atoms with Crippen molar-refractivity contribution in [1.29, 1.82) is 0 Å². The number of methoxy groups -OCH3 is 1. The van der Waals surface area contributed by atoms with Crippen molar-refractivity contribution in [3.63, 3.8) is 0 Å². The Bertz CT molecular complexity index is 642. The highest BCUT2D eigenvalue weighted by Gasteiger charge is 2.06. The van der Waals surface area contributed by atoms with Crippen molar-refractivity contribution in [2.75, 3.05) is 17.7 Å². The molecule has 0 bridgehead atoms. The van der Waals surface area contributed by atoms with Crippen LogP contribution in [-0.4, -0.2) is 13.0 Å². The van der Waals surface area contributed by atoms with E-state index in [0.29, 0.717) is 18.2 Å². The highest BCUT2D eigenvalue weighted by atomic mass is 35.5. The van der Waals surface area contributed by atoms with Crippen molar-refractivity contribution < 1.29 is 9.53 Å². The number of anilines is 2. The molecular formula is C17H19ClN2O2. The van der Waals surface area contributed by atoms with Gasteiger partial charge in [0.25, 0.3) is 0 Å². The molecule has 0 saturated heterocycles. The first kappa shape index (κ1) is 16.3. The average molecular weight is 319 g/mol. The predicted molar refractivity (Wildman–Crippen MR) is 90.2 cm³/mol. The minimum Gasteiger partial charge on any atom is -0.381 e. The summed E-state index contributed by atoms with van der Waals surface area (Å²) in [4.78, 5) is 11.0. The molecule has 0 spiro atoms. The lowest BCUT2D eigenvalue weighted by atomic mass is 10.1. The molecule has 0 radical (unpaired) electrons. The van der Waals surface area contributed by atoms with E-state index >= 15 is 0 Å². The van der Waals surface area contributed by atoms with E-state index in [2.05, 4.69) is 10.6 Å². The first-order valence-electron chi connectivity index (χ1n) is 6.97. The van der Waals surface area contributed by atoms with Crippen molar-refractivity contribution >= 4 is 28.9 Å². The molecule has 0 aliphatic carbocycles. The predicted octanol–water partition coefficient (Wildman–Crippen LogP) is 4.06. The Hall–Kier alpha value is -2.04. The number of carbonyl (C=O) groups excluding carboxylic acids is 1. The van der Waals surface area contributed by atoms with Gasteiger partial charge in [-0.3, -0.25) is 4.79 Å². The summed E-state index contributed by atoms with van der Waals surface area (Å²) in [6.07, 6.45) is 0. The monoisotopic (exact) mass is 318 g/mol. The summed E-state index contributed by atoms with van der Waals surface area (Å²) in [5, 5.41) is 6.80. The fourth-order valence-electron chi connectivity index (χ4n) is 2.12. The second kappa shape index (κ2) is 7.82. The molecule has 2 rings (SSSR count). The molecular weight excluding hydrogens is 300 g/mol. The molecule has 4 nitrogen and oxygen atoms in total. The van der Waals surface area contributed by atoms with Gasteiger partial charge < -0.3 is 15.4 Å². The Balaban J connectivity index is 2.04. The summed E-state index contributed by atoms with van der Waals surface area (Å²) in [5.74, 6) is -0.0750. The Morgan fingerprint density at radius 3 is 2.55 bits per heavy atom. The van der Waals surface area contributed by atoms with Gasteiger partial charge in [-0.2, -0.15) is 0 Å². The van der Waals surface area contributed by atoms with E-state index in [4.69, 9.17) is 16.3 Å². The van der Waals surface area contributed by atoms with Gasteiger partial charge >= 0.3 is 0 Å². The van der Waals surface area contributed by atoms with E-state index in [1.807, 2.05) is 42.5 Å². The number of carbonyl (C=O) groups is 1. The van der Waals surface area contributed by atoms with E-state index < -0.39 is 0 Å². The Morgan fingerprint density at radius 1 is 1.18 bits per heavy atom. The maximum Gasteiger partial charge on any atom is 0.221 e. The molecule has 2 aromatic rings. The van der Waals surface area contributed by atoms with Gasteiger partial charge in [0.2, 0.25) is 5.91 Å². The van der Waals surface area contributed by atoms with Crippen molar-refractivity contribution in [1.82, 2.24) is 0 Å². The van der Waals surface area contributed by atoms with Gasteiger partial charge in [-0.25, -0.2) is 0 Å². The summed E-state index contributed by atoms with van der Waals surface area (Å²) >= 11 is 6.20. The summed E-state index contributed by atoms with van der Waals surface area (Å²) < 4.78 is 5.19. The lowest BCUT2D eigenvalue weighted by Crippen LogP contribution is -2.06. The lowest BCUT2D eigenvalue weighted by Gasteiger charge is -2.13. The number of hydrogen-bond acceptors (Lipinski definition) is 3. The molecule has 116 valence electrons. The van der Waals surface area contributed by atoms with E-state index in [-0.39, 0.29) is 5.91 Å². The zero-order chi connectivity index (χ0) is 15.9. The third kappa shape index (κ3) is 4.48. The number of benzene rings is 2. The van der Waals surface area contributed by atoms with Crippen LogP contribution in [-0.2, 0) is 22.7 Å². The molecule has 0 saturated carbocycles. The molecule has 0 aliphatic rings. The fraction of sp³-hybridized carbons (Fsp3) is 0.235. The van der Waals surface area contributed by atoms with Gasteiger partial charge in [0, 0.05) is 42.5 Å². The van der Waals surface area contributed by atoms with Crippen LogP contribution >= 0.6 is 11.6 Å². The zero-order valence-electron chi connectivity index (χ0n) is 12.7. The van der Waals surface area contributed by atoms with Gasteiger partial charge in [0.15, 0.2) is 0 Å². The normalized spacial score (nSPS) is 10.3. The zero-order valence-corrected chi connectivity index (χ0v) is 13.4. The van der Waals surface area contributed by atoms with E-state index in [9.17, 15) is 4.79 Å². The second-order valence-corrected chi connectivity index (χ2v) is 5.34. The maximum atomic E-state index is 11.0. The van der Waals surface area contributed by atoms with E-state index in [1.54, 1.807) is 7.11 Å². The van der Waals surface area contributed by atoms with Gasteiger partial charge in [0.1, 0.15) is 0 Å². The molecule has 0 aliphatic heterocycles. The molecule has 5 heteroatoms. The van der Waals surface area contributed by atoms with Crippen molar-refractivity contribution in [3.05, 3.63) is 58.6 Å². The number of amides is 1. The Morgan fingerprint density at radius 2 is 1.91 bits per heavy atom. The summed E-state index contributed by atoms with van der Waals surface area (Å²) in [7, 11) is 1.65. The maximum absolute atomic E-state index is 11.0. The van der Waals surface area contributed by atoms with Crippen molar-refractivity contribution in [2.24, 2.45) is 0 Å². The summed E-state index contributed by atoms with van der Waals surface area (Å²) in [6.45, 7) is 2.62. The molecule has 1 amide bonds. The Kier molecular flexibility index (Phi) is 5.81. The van der Waals surface area contributed by atoms with Crippen LogP contribution in [0.4, 0.5) is 11.4 Å². The molecule has 0 heterocycles. The number of halogens is 1. The van der Waals surface area contributed by atoms with E-state index in [0.717, 1.165) is 22.5 Å². The largest absolute Gasteiger partial charge is 0.381 e. The molecule has 0 aromatic heterocycles. The molecule has 2 N–H and O–H groups in total. The first-order valence-corrected chi connectivity index (χ1v) is 7.34. The minimum atomic E-state index is -0.0750. The van der Waals surface area contributed by atoms with Gasteiger partial charge in [0.05, 0.1) is 6.61 Å². The first-order chi connectivity index (χ1) is 10.6. The van der Waals surface area contributed by atoms with E-state index in [1.165, 1.54) is 6.92 Å². The quantitative estimate of drug-likeness (QED) is 0.844. The van der Waals surface area contributed by atoms with Crippen LogP contribution in [0.1, 0.15) is 18.1 Å². The van der Waals surface area contributed by atoms with Crippen LogP contribution in [0.25, 0.3) is 0 Å². The van der Waals surface area contributed by atoms with Crippen LogP contribution in [0.15, 0.2) is 42.5 Å². The van der Waals surface area contributed by atoms with Crippen LogP contribution in [0, 0.1) is 0 Å². The van der Waals surface area contributed by atoms with Crippen molar-refractivity contribution in [2.45, 2.75) is 20.1 Å². The smallest absolute Gasteiger partial charge is 0.221 e. The highest BCUT2D eigenvalue weighted by Crippen LogP contribution is 2.25. The molecule has 0 atom stereocenters. The summed E-state index contributed by atoms with van der Waals surface area (Å²) in [5.41, 5.74) is 3.80. The third-order valence-corrected chi connectivity index (χ3v) is 3.52. The molecule has 2 aromatic carbocycles. The number of rotatable bonds is 6. The second-order valence-electron chi connectivity index (χ2n) is 4.93. The summed E-state index contributed by atoms with van der Waals surface area (Å²) in [6, 6.07) is 13.4. The standard InChI is InChI=1S/C17H19ClN2O2/c1-12(21)20-14-8-6-13(7-9-14)10-19-17-5-3-4-16(18)15(17)11-22-2/h3-9,19H,10-11H2,1-2H3,(H,20,21). The van der Waals surface area contributed by atoms with Crippen LogP contribution in [0.2, 0.25) is 5.02 Å². The van der Waals surface area contributed by atoms with Crippen LogP contribution in [0.5, 0.6) is 0 Å². The van der Waals surface area contributed by atoms with Gasteiger partial charge in [-0.1, -0.05) is 29.8 Å². The average Bonchev–Trinajstić information content (AvgIpc) is 2.49. The number of nitrogens with one attached hydrogen (secondary N) is 2. The van der Waals surface area contributed by atoms with Gasteiger partial charge in [-0.05, 0) is 29.8 Å². The van der Waals surface area contributed by atoms with Gasteiger partial charge in [-0.15, -0.1) is 0 Å². The minimum absolute atomic E-state index is 0.0750. The topological polar surface area (TPSA) is 50.4 Å². The van der Waals surface area contributed by atoms with Crippen LogP contribution < -0.4 is 10.6 Å². The fourth-order valence-corrected chi connectivity index (χ4v) is 2.35. The van der Waals surface area contributed by atoms with Crippen molar-refractivity contribution in [3.8, 4) is 0 Å². The molecule has 22 heavy (non-hydrogen) atoms. The Labute approximate surface area is 135 Å². The highest BCUT2D eigenvalue weighted by molar-refractivity contribution is 6.31. The SMILES string of the molecule is COCc1c(Cl)cccc1NCc1ccc(NC(C)=O)cc1.